The smallest absolute Gasteiger partial charge is 0.159 e. The van der Waals surface area contributed by atoms with Crippen LogP contribution in [0.1, 0.15) is 17.7 Å². The molecule has 116 valence electrons. The van der Waals surface area contributed by atoms with Crippen molar-refractivity contribution in [2.24, 2.45) is 0 Å². The van der Waals surface area contributed by atoms with Gasteiger partial charge >= 0.3 is 0 Å². The minimum absolute atomic E-state index is 0.576. The van der Waals surface area contributed by atoms with E-state index >= 15 is 0 Å². The summed E-state index contributed by atoms with van der Waals surface area (Å²) in [6, 6.07) is 4.49. The summed E-state index contributed by atoms with van der Waals surface area (Å²) >= 11 is 1.99. The number of nitrogens with zero attached hydrogens (tertiary/aromatic N) is 2. The monoisotopic (exact) mass is 322 g/mol. The summed E-state index contributed by atoms with van der Waals surface area (Å²) in [6.07, 6.45) is 2.04. The zero-order valence-corrected chi connectivity index (χ0v) is 12.8. The molecule has 0 amide bonds. The van der Waals surface area contributed by atoms with Crippen molar-refractivity contribution in [1.82, 2.24) is 10.1 Å². The number of hydrogen-bond donors (Lipinski definition) is 0. The molecule has 6 heteroatoms. The van der Waals surface area contributed by atoms with Gasteiger partial charge in [-0.05, 0) is 30.4 Å². The van der Waals surface area contributed by atoms with E-state index in [9.17, 15) is 8.78 Å². The Labute approximate surface area is 131 Å². The first-order chi connectivity index (χ1) is 10.7. The first kappa shape index (κ1) is 14.2. The molecular formula is C16H16F2N2OS. The Morgan fingerprint density at radius 3 is 2.95 bits per heavy atom. The van der Waals surface area contributed by atoms with Crippen molar-refractivity contribution >= 4 is 11.8 Å². The first-order valence-corrected chi connectivity index (χ1v) is 8.62. The standard InChI is InChI=1S/C16H16F2N2OS/c17-13-2-1-10(7-14(13)18)16-12-8-20(11-4-6-22-9-11)5-3-15(12)21-19-16/h1-2,7,11H,3-6,8-9H2/t11-/m0/s1. The maximum Gasteiger partial charge on any atom is 0.159 e. The minimum Gasteiger partial charge on any atom is -0.360 e. The van der Waals surface area contributed by atoms with Crippen molar-refractivity contribution in [3.63, 3.8) is 0 Å². The molecule has 0 bridgehead atoms. The van der Waals surface area contributed by atoms with Crippen molar-refractivity contribution in [3.05, 3.63) is 41.2 Å². The number of fused-ring (bicyclic) bond motifs is 1. The molecule has 2 aliphatic heterocycles. The summed E-state index contributed by atoms with van der Waals surface area (Å²) in [6.45, 7) is 1.75. The van der Waals surface area contributed by atoms with Crippen LogP contribution in [-0.4, -0.2) is 34.1 Å². The van der Waals surface area contributed by atoms with Gasteiger partial charge in [0.1, 0.15) is 11.5 Å². The highest BCUT2D eigenvalue weighted by Crippen LogP contribution is 2.33. The van der Waals surface area contributed by atoms with E-state index in [4.69, 9.17) is 4.52 Å². The molecule has 0 saturated carbocycles. The number of benzene rings is 1. The van der Waals surface area contributed by atoms with E-state index in [0.29, 0.717) is 17.3 Å². The molecule has 2 aliphatic rings. The lowest BCUT2D eigenvalue weighted by atomic mass is 10.00. The predicted molar refractivity (Wildman–Crippen MR) is 81.7 cm³/mol. The van der Waals surface area contributed by atoms with Gasteiger partial charge in [-0.1, -0.05) is 5.16 Å². The molecule has 3 heterocycles. The molecule has 1 aromatic heterocycles. The van der Waals surface area contributed by atoms with Gasteiger partial charge in [0, 0.05) is 42.4 Å². The van der Waals surface area contributed by atoms with Gasteiger partial charge < -0.3 is 4.52 Å². The van der Waals surface area contributed by atoms with Crippen molar-refractivity contribution < 1.29 is 13.3 Å². The predicted octanol–water partition coefficient (Wildman–Crippen LogP) is 3.48. The maximum atomic E-state index is 13.5. The molecule has 4 rings (SSSR count). The quantitative estimate of drug-likeness (QED) is 0.846. The van der Waals surface area contributed by atoms with Gasteiger partial charge in [-0.25, -0.2) is 8.78 Å². The molecule has 1 saturated heterocycles. The van der Waals surface area contributed by atoms with Crippen LogP contribution in [0.5, 0.6) is 0 Å². The molecule has 0 spiro atoms. The molecule has 0 aliphatic carbocycles. The molecule has 0 N–H and O–H groups in total. The van der Waals surface area contributed by atoms with Gasteiger partial charge in [0.25, 0.3) is 0 Å². The molecule has 0 unspecified atom stereocenters. The average molecular weight is 322 g/mol. The number of hydrogen-bond acceptors (Lipinski definition) is 4. The van der Waals surface area contributed by atoms with Crippen LogP contribution in [0.4, 0.5) is 8.78 Å². The van der Waals surface area contributed by atoms with Gasteiger partial charge in [0.2, 0.25) is 0 Å². The summed E-state index contributed by atoms with van der Waals surface area (Å²) in [5.41, 5.74) is 2.24. The third kappa shape index (κ3) is 2.44. The number of thioether (sulfide) groups is 1. The Morgan fingerprint density at radius 1 is 1.27 bits per heavy atom. The molecule has 22 heavy (non-hydrogen) atoms. The Hall–Kier alpha value is -1.40. The van der Waals surface area contributed by atoms with Crippen LogP contribution < -0.4 is 0 Å². The van der Waals surface area contributed by atoms with E-state index < -0.39 is 11.6 Å². The van der Waals surface area contributed by atoms with Crippen molar-refractivity contribution in [2.75, 3.05) is 18.1 Å². The van der Waals surface area contributed by atoms with Crippen molar-refractivity contribution in [2.45, 2.75) is 25.4 Å². The van der Waals surface area contributed by atoms with Gasteiger partial charge in [0.05, 0.1) is 0 Å². The van der Waals surface area contributed by atoms with Gasteiger partial charge in [-0.2, -0.15) is 11.8 Å². The van der Waals surface area contributed by atoms with Crippen LogP contribution in [0.25, 0.3) is 11.3 Å². The number of rotatable bonds is 2. The normalized spacial score (nSPS) is 22.0. The fourth-order valence-electron chi connectivity index (χ4n) is 3.22. The Balaban J connectivity index is 1.66. The van der Waals surface area contributed by atoms with E-state index in [1.165, 1.54) is 24.0 Å². The molecule has 1 aromatic carbocycles. The van der Waals surface area contributed by atoms with Crippen LogP contribution in [0.2, 0.25) is 0 Å². The zero-order valence-electron chi connectivity index (χ0n) is 12.0. The Bertz CT molecular complexity index is 697. The second-order valence-corrected chi connectivity index (χ2v) is 6.95. The summed E-state index contributed by atoms with van der Waals surface area (Å²) in [4.78, 5) is 2.46. The van der Waals surface area contributed by atoms with Crippen LogP contribution in [-0.2, 0) is 13.0 Å². The lowest BCUT2D eigenvalue weighted by molar-refractivity contribution is 0.184. The summed E-state index contributed by atoms with van der Waals surface area (Å²) in [7, 11) is 0. The molecule has 1 atom stereocenters. The van der Waals surface area contributed by atoms with Crippen LogP contribution in [0.15, 0.2) is 22.7 Å². The average Bonchev–Trinajstić information content (AvgIpc) is 3.18. The van der Waals surface area contributed by atoms with E-state index in [1.54, 1.807) is 6.07 Å². The van der Waals surface area contributed by atoms with E-state index in [0.717, 1.165) is 36.9 Å². The topological polar surface area (TPSA) is 29.3 Å². The highest BCUT2D eigenvalue weighted by molar-refractivity contribution is 7.99. The summed E-state index contributed by atoms with van der Waals surface area (Å²) in [5.74, 6) is 1.57. The van der Waals surface area contributed by atoms with Crippen LogP contribution in [0, 0.1) is 11.6 Å². The summed E-state index contributed by atoms with van der Waals surface area (Å²) < 4.78 is 32.0. The third-order valence-electron chi connectivity index (χ3n) is 4.47. The van der Waals surface area contributed by atoms with Gasteiger partial charge in [-0.3, -0.25) is 4.90 Å². The molecule has 3 nitrogen and oxygen atoms in total. The summed E-state index contributed by atoms with van der Waals surface area (Å²) in [5, 5.41) is 4.10. The third-order valence-corrected chi connectivity index (χ3v) is 5.62. The fourth-order valence-corrected chi connectivity index (χ4v) is 4.48. The van der Waals surface area contributed by atoms with Crippen molar-refractivity contribution in [3.8, 4) is 11.3 Å². The second kappa shape index (κ2) is 5.66. The van der Waals surface area contributed by atoms with Crippen molar-refractivity contribution in [1.29, 1.82) is 0 Å². The Morgan fingerprint density at radius 2 is 2.18 bits per heavy atom. The Kier molecular flexibility index (Phi) is 3.66. The maximum absolute atomic E-state index is 13.5. The molecule has 2 aromatic rings. The van der Waals surface area contributed by atoms with E-state index in [2.05, 4.69) is 10.1 Å². The van der Waals surface area contributed by atoms with E-state index in [1.807, 2.05) is 11.8 Å². The molecular weight excluding hydrogens is 306 g/mol. The SMILES string of the molecule is Fc1ccc(-c2noc3c2CN([C@H]2CCSC2)CC3)cc1F. The fraction of sp³-hybridized carbons (Fsp3) is 0.438. The highest BCUT2D eigenvalue weighted by atomic mass is 32.2. The second-order valence-electron chi connectivity index (χ2n) is 5.80. The van der Waals surface area contributed by atoms with E-state index in [-0.39, 0.29) is 0 Å². The lowest BCUT2D eigenvalue weighted by Crippen LogP contribution is -2.39. The minimum atomic E-state index is -0.853. The lowest BCUT2D eigenvalue weighted by Gasteiger charge is -2.31. The van der Waals surface area contributed by atoms with Gasteiger partial charge in [0.15, 0.2) is 11.6 Å². The van der Waals surface area contributed by atoms with Gasteiger partial charge in [-0.15, -0.1) is 0 Å². The molecule has 0 radical (unpaired) electrons. The van der Waals surface area contributed by atoms with Crippen LogP contribution in [0.3, 0.4) is 0 Å². The highest BCUT2D eigenvalue weighted by Gasteiger charge is 2.30. The first-order valence-electron chi connectivity index (χ1n) is 7.47. The number of aromatic nitrogens is 1. The molecule has 1 fully saturated rings. The largest absolute Gasteiger partial charge is 0.360 e. The number of halogens is 2. The zero-order chi connectivity index (χ0) is 15.1. The van der Waals surface area contributed by atoms with Crippen LogP contribution >= 0.6 is 11.8 Å².